The maximum Gasteiger partial charge on any atom is 0.411 e. The maximum atomic E-state index is 11.3. The number of allylic oxidation sites excluding steroid dienone is 3. The molecule has 0 bridgehead atoms. The molecule has 0 spiro atoms. The number of carbonyl (C=O) groups excluding carboxylic acids is 1. The van der Waals surface area contributed by atoms with Gasteiger partial charge in [0.15, 0.2) is 0 Å². The van der Waals surface area contributed by atoms with E-state index in [4.69, 9.17) is 9.47 Å². The zero-order valence-electron chi connectivity index (χ0n) is 9.86. The largest absolute Gasteiger partial charge is 0.449 e. The van der Waals surface area contributed by atoms with Gasteiger partial charge in [0, 0.05) is 25.8 Å². The summed E-state index contributed by atoms with van der Waals surface area (Å²) < 4.78 is 9.82. The number of methoxy groups -OCH3 is 1. The van der Waals surface area contributed by atoms with Crippen LogP contribution in [0.1, 0.15) is 19.8 Å². The number of ether oxygens (including phenoxy) is 2. The summed E-state index contributed by atoms with van der Waals surface area (Å²) in [6.45, 7) is 3.12. The first kappa shape index (κ1) is 12.8. The third kappa shape index (κ3) is 4.98. The van der Waals surface area contributed by atoms with Crippen molar-refractivity contribution in [1.29, 1.82) is 0 Å². The Bertz CT molecular complexity index is 284. The fourth-order valence-electron chi connectivity index (χ4n) is 1.34. The molecule has 4 heteroatoms. The van der Waals surface area contributed by atoms with E-state index in [1.54, 1.807) is 7.11 Å². The smallest absolute Gasteiger partial charge is 0.411 e. The summed E-state index contributed by atoms with van der Waals surface area (Å²) >= 11 is 0. The summed E-state index contributed by atoms with van der Waals surface area (Å²) in [6.07, 6.45) is 7.25. The summed E-state index contributed by atoms with van der Waals surface area (Å²) in [5.41, 5.74) is 0.815. The molecule has 0 aromatic heterocycles. The number of carbonyl (C=O) groups is 1. The van der Waals surface area contributed by atoms with Crippen LogP contribution in [0.4, 0.5) is 4.79 Å². The summed E-state index contributed by atoms with van der Waals surface area (Å²) in [7, 11) is 1.62. The van der Waals surface area contributed by atoms with Gasteiger partial charge in [0.05, 0.1) is 6.61 Å². The van der Waals surface area contributed by atoms with Crippen LogP contribution in [0.25, 0.3) is 0 Å². The Morgan fingerprint density at radius 3 is 3.00 bits per heavy atom. The molecule has 1 N–H and O–H groups in total. The van der Waals surface area contributed by atoms with Gasteiger partial charge < -0.3 is 9.47 Å². The number of rotatable bonds is 5. The van der Waals surface area contributed by atoms with E-state index < -0.39 is 6.09 Å². The van der Waals surface area contributed by atoms with Crippen molar-refractivity contribution in [2.45, 2.75) is 19.8 Å². The highest BCUT2D eigenvalue weighted by Crippen LogP contribution is 2.13. The zero-order chi connectivity index (χ0) is 11.8. The molecule has 0 aromatic rings. The van der Waals surface area contributed by atoms with Gasteiger partial charge in [-0.25, -0.2) is 4.79 Å². The van der Waals surface area contributed by atoms with E-state index in [1.165, 1.54) is 0 Å². The van der Waals surface area contributed by atoms with Gasteiger partial charge in [-0.05, 0) is 18.4 Å². The monoisotopic (exact) mass is 225 g/mol. The normalized spacial score (nSPS) is 19.1. The number of nitrogens with one attached hydrogen (secondary N) is 1. The molecule has 1 atom stereocenters. The van der Waals surface area contributed by atoms with Crippen LogP contribution in [-0.2, 0) is 9.47 Å². The molecule has 0 heterocycles. The van der Waals surface area contributed by atoms with Gasteiger partial charge in [-0.15, -0.1) is 0 Å². The molecule has 1 amide bonds. The Morgan fingerprint density at radius 1 is 1.56 bits per heavy atom. The minimum absolute atomic E-state index is 0.382. The minimum atomic E-state index is -0.401. The minimum Gasteiger partial charge on any atom is -0.449 e. The molecule has 1 aliphatic carbocycles. The fourth-order valence-corrected chi connectivity index (χ4v) is 1.34. The van der Waals surface area contributed by atoms with E-state index in [-0.39, 0.29) is 0 Å². The zero-order valence-corrected chi connectivity index (χ0v) is 9.86. The molecule has 16 heavy (non-hydrogen) atoms. The number of amides is 1. The van der Waals surface area contributed by atoms with Crippen molar-refractivity contribution in [2.75, 3.05) is 20.3 Å². The van der Waals surface area contributed by atoms with Crippen molar-refractivity contribution in [3.05, 3.63) is 23.9 Å². The molecule has 4 nitrogen and oxygen atoms in total. The van der Waals surface area contributed by atoms with Crippen LogP contribution in [0.5, 0.6) is 0 Å². The second kappa shape index (κ2) is 7.06. The lowest BCUT2D eigenvalue weighted by Crippen LogP contribution is -2.24. The van der Waals surface area contributed by atoms with Crippen LogP contribution in [0.15, 0.2) is 23.9 Å². The maximum absolute atomic E-state index is 11.3. The first-order chi connectivity index (χ1) is 7.72. The van der Waals surface area contributed by atoms with Crippen LogP contribution >= 0.6 is 0 Å². The average molecular weight is 225 g/mol. The second-order valence-electron chi connectivity index (χ2n) is 3.84. The number of hydrogen-bond acceptors (Lipinski definition) is 3. The molecule has 0 saturated heterocycles. The van der Waals surface area contributed by atoms with Crippen molar-refractivity contribution in [1.82, 2.24) is 5.32 Å². The molecular weight excluding hydrogens is 206 g/mol. The van der Waals surface area contributed by atoms with Crippen LogP contribution in [0.3, 0.4) is 0 Å². The molecule has 0 radical (unpaired) electrons. The highest BCUT2D eigenvalue weighted by Gasteiger charge is 2.07. The Balaban J connectivity index is 2.17. The number of alkyl carbamates (subject to hydrolysis) is 1. The van der Waals surface area contributed by atoms with Crippen molar-refractivity contribution < 1.29 is 14.3 Å². The van der Waals surface area contributed by atoms with E-state index in [1.807, 2.05) is 12.2 Å². The van der Waals surface area contributed by atoms with Gasteiger partial charge in [-0.1, -0.05) is 19.1 Å². The fraction of sp³-hybridized carbons (Fsp3) is 0.583. The van der Waals surface area contributed by atoms with Gasteiger partial charge in [0.2, 0.25) is 0 Å². The summed E-state index contributed by atoms with van der Waals surface area (Å²) in [5.74, 6) is 0.545. The molecule has 90 valence electrons. The third-order valence-corrected chi connectivity index (χ3v) is 2.29. The Labute approximate surface area is 96.3 Å². The molecule has 0 saturated carbocycles. The molecule has 0 aromatic carbocycles. The first-order valence-corrected chi connectivity index (χ1v) is 5.53. The van der Waals surface area contributed by atoms with Gasteiger partial charge in [0.25, 0.3) is 0 Å². The van der Waals surface area contributed by atoms with Crippen molar-refractivity contribution >= 4 is 6.09 Å². The second-order valence-corrected chi connectivity index (χ2v) is 3.84. The van der Waals surface area contributed by atoms with E-state index in [2.05, 4.69) is 18.3 Å². The van der Waals surface area contributed by atoms with Gasteiger partial charge in [-0.2, -0.15) is 0 Å². The van der Waals surface area contributed by atoms with Crippen molar-refractivity contribution in [3.8, 4) is 0 Å². The lowest BCUT2D eigenvalue weighted by atomic mass is 10.0. The molecule has 0 fully saturated rings. The summed E-state index contributed by atoms with van der Waals surface area (Å²) in [6, 6.07) is 0. The predicted octanol–water partition coefficient (Wildman–Crippen LogP) is 2.23. The van der Waals surface area contributed by atoms with Gasteiger partial charge >= 0.3 is 6.09 Å². The molecular formula is C12H19NO3. The average Bonchev–Trinajstić information content (AvgIpc) is 2.28. The number of hydrogen-bond donors (Lipinski definition) is 1. The van der Waals surface area contributed by atoms with Crippen LogP contribution in [-0.4, -0.2) is 26.4 Å². The van der Waals surface area contributed by atoms with E-state index in [9.17, 15) is 4.79 Å². The topological polar surface area (TPSA) is 47.6 Å². The highest BCUT2D eigenvalue weighted by atomic mass is 16.5. The Morgan fingerprint density at radius 2 is 2.38 bits per heavy atom. The van der Waals surface area contributed by atoms with Crippen molar-refractivity contribution in [3.63, 3.8) is 0 Å². The predicted molar refractivity (Wildman–Crippen MR) is 62.0 cm³/mol. The van der Waals surface area contributed by atoms with Crippen LogP contribution in [0, 0.1) is 5.92 Å². The molecule has 1 unspecified atom stereocenters. The van der Waals surface area contributed by atoms with Gasteiger partial charge in [0.1, 0.15) is 0 Å². The lowest BCUT2D eigenvalue weighted by Gasteiger charge is -2.12. The quantitative estimate of drug-likeness (QED) is 0.730. The highest BCUT2D eigenvalue weighted by molar-refractivity contribution is 5.70. The SMILES string of the molecule is COCCCOC(=O)NC1=CCC(C)C=C1. The van der Waals surface area contributed by atoms with E-state index in [0.717, 1.165) is 18.5 Å². The van der Waals surface area contributed by atoms with E-state index in [0.29, 0.717) is 19.1 Å². The van der Waals surface area contributed by atoms with Crippen molar-refractivity contribution in [2.24, 2.45) is 5.92 Å². The third-order valence-electron chi connectivity index (χ3n) is 2.29. The van der Waals surface area contributed by atoms with Crippen LogP contribution in [0.2, 0.25) is 0 Å². The first-order valence-electron chi connectivity index (χ1n) is 5.53. The molecule has 0 aliphatic heterocycles. The lowest BCUT2D eigenvalue weighted by molar-refractivity contribution is 0.126. The van der Waals surface area contributed by atoms with Gasteiger partial charge in [-0.3, -0.25) is 5.32 Å². The summed E-state index contributed by atoms with van der Waals surface area (Å²) in [4.78, 5) is 11.3. The van der Waals surface area contributed by atoms with E-state index >= 15 is 0 Å². The van der Waals surface area contributed by atoms with Crippen LogP contribution < -0.4 is 5.32 Å². The molecule has 1 rings (SSSR count). The Hall–Kier alpha value is -1.29. The molecule has 1 aliphatic rings. The Kier molecular flexibility index (Phi) is 5.64. The standard InChI is InChI=1S/C12H19NO3/c1-10-4-6-11(7-5-10)13-12(14)16-9-3-8-15-2/h4,6-7,10H,3,5,8-9H2,1-2H3,(H,13,14). The summed E-state index contributed by atoms with van der Waals surface area (Å²) in [5, 5.41) is 2.69.